The molecule has 0 bridgehead atoms. The van der Waals surface area contributed by atoms with Crippen LogP contribution in [0.4, 0.5) is 0 Å². The van der Waals surface area contributed by atoms with E-state index in [1.54, 1.807) is 0 Å². The van der Waals surface area contributed by atoms with Crippen molar-refractivity contribution < 1.29 is 9.22 Å². The summed E-state index contributed by atoms with van der Waals surface area (Å²) < 4.78 is 7.23. The molecule has 34 heavy (non-hydrogen) atoms. The first kappa shape index (κ1) is 22.9. The molecule has 0 radical (unpaired) electrons. The van der Waals surface area contributed by atoms with E-state index in [1.165, 1.54) is 21.5 Å². The number of carbonyl (C=O) groups is 1. The fraction of sp³-hybridized carbons (Fsp3) is 0.345. The number of amides is 1. The van der Waals surface area contributed by atoms with Gasteiger partial charge in [0.1, 0.15) is 5.75 Å². The number of hydrogen-bond donors (Lipinski definition) is 1. The Labute approximate surface area is 203 Å². The van der Waals surface area contributed by atoms with Crippen LogP contribution in [0.15, 0.2) is 78.9 Å². The van der Waals surface area contributed by atoms with E-state index in [0.29, 0.717) is 0 Å². The van der Waals surface area contributed by atoms with Crippen molar-refractivity contribution >= 4 is 24.6 Å². The highest BCUT2D eigenvalue weighted by Gasteiger charge is 2.52. The number of nitrogens with two attached hydrogens (primary N) is 1. The average Bonchev–Trinajstić information content (AvgIpc) is 3.40. The number of benzene rings is 3. The highest BCUT2D eigenvalue weighted by molar-refractivity contribution is 7.00. The van der Waals surface area contributed by atoms with Crippen molar-refractivity contribution in [3.8, 4) is 5.75 Å². The highest BCUT2D eigenvalue weighted by atomic mass is 28.4. The Kier molecular flexibility index (Phi) is 5.86. The van der Waals surface area contributed by atoms with E-state index in [2.05, 4.69) is 99.6 Å². The summed E-state index contributed by atoms with van der Waals surface area (Å²) in [5.41, 5.74) is 8.57. The highest BCUT2D eigenvalue weighted by Crippen LogP contribution is 2.42. The monoisotopic (exact) mass is 470 g/mol. The zero-order valence-corrected chi connectivity index (χ0v) is 21.3. The molecule has 0 spiro atoms. The Morgan fingerprint density at radius 3 is 2.06 bits per heavy atom. The van der Waals surface area contributed by atoms with Gasteiger partial charge in [-0.25, -0.2) is 0 Å². The molecule has 2 aliphatic rings. The third-order valence-electron chi connectivity index (χ3n) is 7.51. The van der Waals surface area contributed by atoms with Gasteiger partial charge < -0.3 is 15.1 Å². The largest absolute Gasteiger partial charge is 0.534 e. The number of fused-ring (bicyclic) bond motifs is 1. The number of carbonyl (C=O) groups excluding carboxylic acids is 1. The van der Waals surface area contributed by atoms with E-state index in [-0.39, 0.29) is 23.0 Å². The second-order valence-electron chi connectivity index (χ2n) is 10.6. The van der Waals surface area contributed by atoms with Crippen LogP contribution in [0.25, 0.3) is 0 Å². The molecule has 1 heterocycles. The normalized spacial score (nSPS) is 20.5. The van der Waals surface area contributed by atoms with Gasteiger partial charge in [-0.05, 0) is 57.9 Å². The minimum absolute atomic E-state index is 0.0798. The molecule has 3 aromatic rings. The molecule has 1 fully saturated rings. The Morgan fingerprint density at radius 2 is 1.53 bits per heavy atom. The summed E-state index contributed by atoms with van der Waals surface area (Å²) in [6.45, 7) is 7.61. The minimum Gasteiger partial charge on any atom is -0.534 e. The predicted octanol–water partition coefficient (Wildman–Crippen LogP) is 4.17. The predicted molar refractivity (Wildman–Crippen MR) is 140 cm³/mol. The van der Waals surface area contributed by atoms with Gasteiger partial charge in [0.25, 0.3) is 0 Å². The van der Waals surface area contributed by atoms with Gasteiger partial charge in [0, 0.05) is 6.54 Å². The quantitative estimate of drug-likeness (QED) is 0.570. The first-order chi connectivity index (χ1) is 16.3. The van der Waals surface area contributed by atoms with E-state index in [4.69, 9.17) is 10.2 Å². The van der Waals surface area contributed by atoms with Gasteiger partial charge in [0.2, 0.25) is 5.91 Å². The fourth-order valence-electron chi connectivity index (χ4n) is 5.81. The molecule has 2 atom stereocenters. The number of hydrogen-bond acceptors (Lipinski definition) is 3. The van der Waals surface area contributed by atoms with Crippen LogP contribution in [0.5, 0.6) is 5.75 Å². The van der Waals surface area contributed by atoms with E-state index < -0.39 is 8.32 Å². The van der Waals surface area contributed by atoms with E-state index in [9.17, 15) is 4.79 Å². The van der Waals surface area contributed by atoms with Crippen molar-refractivity contribution in [2.24, 2.45) is 5.73 Å². The SMILES string of the molecule is CC(C)(C)[Si](Oc1ccc2c(c1)[C@H](N1CC[C@@H](N)C1=O)CC2)(c1ccccc1)c1ccccc1. The van der Waals surface area contributed by atoms with Gasteiger partial charge in [-0.15, -0.1) is 0 Å². The molecule has 5 heteroatoms. The molecular weight excluding hydrogens is 436 g/mol. The lowest BCUT2D eigenvalue weighted by molar-refractivity contribution is -0.130. The Morgan fingerprint density at radius 1 is 0.912 bits per heavy atom. The number of rotatable bonds is 5. The van der Waals surface area contributed by atoms with Crippen LogP contribution >= 0.6 is 0 Å². The van der Waals surface area contributed by atoms with Crippen LogP contribution in [-0.4, -0.2) is 31.7 Å². The van der Waals surface area contributed by atoms with Crippen LogP contribution in [0.3, 0.4) is 0 Å². The van der Waals surface area contributed by atoms with Crippen molar-refractivity contribution in [3.05, 3.63) is 90.0 Å². The van der Waals surface area contributed by atoms with Gasteiger partial charge in [-0.1, -0.05) is 87.5 Å². The van der Waals surface area contributed by atoms with E-state index in [1.807, 2.05) is 4.90 Å². The van der Waals surface area contributed by atoms with Crippen LogP contribution in [-0.2, 0) is 11.2 Å². The number of aryl methyl sites for hydroxylation is 1. The third-order valence-corrected chi connectivity index (χ3v) is 12.5. The van der Waals surface area contributed by atoms with Gasteiger partial charge in [0.05, 0.1) is 12.1 Å². The van der Waals surface area contributed by atoms with Crippen molar-refractivity contribution in [3.63, 3.8) is 0 Å². The molecule has 1 amide bonds. The maximum Gasteiger partial charge on any atom is 0.319 e. The van der Waals surface area contributed by atoms with Crippen molar-refractivity contribution in [1.29, 1.82) is 0 Å². The molecule has 1 aliphatic carbocycles. The average molecular weight is 471 g/mol. The lowest BCUT2D eigenvalue weighted by Gasteiger charge is -2.43. The maximum atomic E-state index is 12.7. The Balaban J connectivity index is 1.60. The van der Waals surface area contributed by atoms with Crippen molar-refractivity contribution in [2.75, 3.05) is 6.54 Å². The summed E-state index contributed by atoms with van der Waals surface area (Å²) in [5, 5.41) is 2.41. The first-order valence-electron chi connectivity index (χ1n) is 12.3. The molecule has 0 saturated carbocycles. The maximum absolute atomic E-state index is 12.7. The summed E-state index contributed by atoms with van der Waals surface area (Å²) in [7, 11) is -2.70. The lowest BCUT2D eigenvalue weighted by atomic mass is 10.1. The van der Waals surface area contributed by atoms with Gasteiger partial charge in [-0.2, -0.15) is 0 Å². The van der Waals surface area contributed by atoms with E-state index in [0.717, 1.165) is 31.6 Å². The summed E-state index contributed by atoms with van der Waals surface area (Å²) in [6, 6.07) is 27.7. The standard InChI is InChI=1S/C29H34N2O2Si/c1-29(2,3)34(23-10-6-4-7-11-23,24-12-8-5-9-13-24)33-22-16-14-21-15-17-27(25(21)20-22)31-19-18-26(30)28(31)32/h4-14,16,20,26-27H,15,17-19,30H2,1-3H3/t26-,27-/m1/s1. The fourth-order valence-corrected chi connectivity index (χ4v) is 10.2. The van der Waals surface area contributed by atoms with Crippen LogP contribution in [0.1, 0.15) is 50.8 Å². The van der Waals surface area contributed by atoms with Crippen LogP contribution in [0.2, 0.25) is 5.04 Å². The van der Waals surface area contributed by atoms with E-state index >= 15 is 0 Å². The molecule has 1 aliphatic heterocycles. The topological polar surface area (TPSA) is 55.6 Å². The third kappa shape index (κ3) is 3.77. The molecule has 0 aromatic heterocycles. The molecular formula is C29H34N2O2Si. The molecule has 2 N–H and O–H groups in total. The van der Waals surface area contributed by atoms with Crippen LogP contribution in [0, 0.1) is 0 Å². The lowest BCUT2D eigenvalue weighted by Crippen LogP contribution is -2.68. The number of nitrogens with zero attached hydrogens (tertiary/aromatic N) is 1. The molecule has 176 valence electrons. The molecule has 1 saturated heterocycles. The Bertz CT molecular complexity index is 1130. The van der Waals surface area contributed by atoms with Crippen molar-refractivity contribution in [1.82, 2.24) is 4.90 Å². The zero-order valence-electron chi connectivity index (χ0n) is 20.3. The second kappa shape index (κ2) is 8.71. The van der Waals surface area contributed by atoms with Crippen LogP contribution < -0.4 is 20.5 Å². The zero-order chi connectivity index (χ0) is 23.9. The molecule has 3 aromatic carbocycles. The van der Waals surface area contributed by atoms with Gasteiger partial charge in [0.15, 0.2) is 0 Å². The Hall–Kier alpha value is -2.89. The summed E-state index contributed by atoms with van der Waals surface area (Å²) in [6.07, 6.45) is 2.68. The molecule has 4 nitrogen and oxygen atoms in total. The summed E-state index contributed by atoms with van der Waals surface area (Å²) >= 11 is 0. The number of likely N-dealkylation sites (tertiary alicyclic amines) is 1. The molecule has 5 rings (SSSR count). The summed E-state index contributed by atoms with van der Waals surface area (Å²) in [4.78, 5) is 14.7. The van der Waals surface area contributed by atoms with Crippen molar-refractivity contribution in [2.45, 2.75) is 57.2 Å². The van der Waals surface area contributed by atoms with Gasteiger partial charge in [-0.3, -0.25) is 4.79 Å². The van der Waals surface area contributed by atoms with Gasteiger partial charge >= 0.3 is 8.32 Å². The first-order valence-corrected chi connectivity index (χ1v) is 14.2. The second-order valence-corrected chi connectivity index (χ2v) is 14.8. The summed E-state index contributed by atoms with van der Waals surface area (Å²) in [5.74, 6) is 0.965. The smallest absolute Gasteiger partial charge is 0.319 e. The minimum atomic E-state index is -2.70. The molecule has 0 unspecified atom stereocenters.